The van der Waals surface area contributed by atoms with Gasteiger partial charge in [0.1, 0.15) is 6.04 Å². The Morgan fingerprint density at radius 1 is 1.26 bits per heavy atom. The van der Waals surface area contributed by atoms with Crippen LogP contribution in [0, 0.1) is 0 Å². The van der Waals surface area contributed by atoms with Crippen LogP contribution in [0.4, 0.5) is 0 Å². The summed E-state index contributed by atoms with van der Waals surface area (Å²) in [6.45, 7) is 4.94. The number of benzene rings is 1. The zero-order valence-corrected chi connectivity index (χ0v) is 11.9. The minimum Gasteiger partial charge on any atom is -0.480 e. The third-order valence-electron chi connectivity index (χ3n) is 3.52. The van der Waals surface area contributed by atoms with Crippen molar-refractivity contribution in [2.45, 2.75) is 51.5 Å². The summed E-state index contributed by atoms with van der Waals surface area (Å²) in [5, 5.41) is 12.4. The van der Waals surface area contributed by atoms with Crippen LogP contribution in [0.5, 0.6) is 0 Å². The quantitative estimate of drug-likeness (QED) is 0.717. The molecule has 106 valence electrons. The molecule has 0 bridgehead atoms. The number of carboxylic acid groups (broad SMARTS) is 1. The minimum absolute atomic E-state index is 0.379. The fraction of sp³-hybridized carbons (Fsp3) is 0.562. The van der Waals surface area contributed by atoms with E-state index in [1.165, 1.54) is 5.56 Å². The van der Waals surface area contributed by atoms with Gasteiger partial charge in [0.2, 0.25) is 0 Å². The number of carboxylic acids is 1. The molecule has 0 saturated heterocycles. The van der Waals surface area contributed by atoms with Crippen molar-refractivity contribution in [3.05, 3.63) is 35.9 Å². The molecule has 2 N–H and O–H groups in total. The van der Waals surface area contributed by atoms with Gasteiger partial charge >= 0.3 is 5.97 Å². The zero-order chi connectivity index (χ0) is 14.1. The summed E-state index contributed by atoms with van der Waals surface area (Å²) >= 11 is 0. The number of unbranched alkanes of at least 4 members (excludes halogenated alkanes) is 1. The monoisotopic (exact) mass is 263 g/mol. The van der Waals surface area contributed by atoms with Crippen LogP contribution in [0.3, 0.4) is 0 Å². The van der Waals surface area contributed by atoms with Crippen molar-refractivity contribution >= 4 is 5.97 Å². The summed E-state index contributed by atoms with van der Waals surface area (Å²) in [6, 6.07) is 9.87. The first-order valence-corrected chi connectivity index (χ1v) is 7.20. The molecule has 0 amide bonds. The summed E-state index contributed by atoms with van der Waals surface area (Å²) in [5.41, 5.74) is 1.28. The molecule has 0 heterocycles. The van der Waals surface area contributed by atoms with Gasteiger partial charge in [0.15, 0.2) is 0 Å². The predicted octanol–water partition coefficient (Wildman–Crippen LogP) is 3.41. The highest BCUT2D eigenvalue weighted by molar-refractivity contribution is 5.73. The van der Waals surface area contributed by atoms with E-state index in [2.05, 4.69) is 31.3 Å². The molecule has 0 aliphatic carbocycles. The van der Waals surface area contributed by atoms with Crippen LogP contribution in [-0.2, 0) is 4.79 Å². The first kappa shape index (κ1) is 15.7. The van der Waals surface area contributed by atoms with Crippen molar-refractivity contribution in [2.24, 2.45) is 0 Å². The Morgan fingerprint density at radius 2 is 1.95 bits per heavy atom. The van der Waals surface area contributed by atoms with Crippen molar-refractivity contribution in [2.75, 3.05) is 6.54 Å². The number of hydrogen-bond donors (Lipinski definition) is 2. The van der Waals surface area contributed by atoms with Crippen LogP contribution in [0.1, 0.15) is 51.0 Å². The molecule has 0 aliphatic rings. The van der Waals surface area contributed by atoms with Gasteiger partial charge in [-0.3, -0.25) is 4.79 Å². The highest BCUT2D eigenvalue weighted by Gasteiger charge is 2.18. The van der Waals surface area contributed by atoms with E-state index >= 15 is 0 Å². The molecule has 0 aliphatic heterocycles. The van der Waals surface area contributed by atoms with Crippen LogP contribution in [0.15, 0.2) is 30.3 Å². The van der Waals surface area contributed by atoms with Gasteiger partial charge in [-0.15, -0.1) is 0 Å². The van der Waals surface area contributed by atoms with E-state index < -0.39 is 12.0 Å². The summed E-state index contributed by atoms with van der Waals surface area (Å²) < 4.78 is 0. The molecule has 19 heavy (non-hydrogen) atoms. The number of nitrogens with one attached hydrogen (secondary N) is 1. The lowest BCUT2D eigenvalue weighted by Crippen LogP contribution is -2.38. The Labute approximate surface area is 116 Å². The van der Waals surface area contributed by atoms with E-state index in [1.54, 1.807) is 0 Å². The first-order chi connectivity index (χ1) is 9.19. The average molecular weight is 263 g/mol. The van der Waals surface area contributed by atoms with Crippen molar-refractivity contribution in [3.8, 4) is 0 Å². The Kier molecular flexibility index (Phi) is 7.19. The third-order valence-corrected chi connectivity index (χ3v) is 3.52. The van der Waals surface area contributed by atoms with Gasteiger partial charge in [-0.05, 0) is 24.3 Å². The van der Waals surface area contributed by atoms with Gasteiger partial charge in [0.05, 0.1) is 0 Å². The summed E-state index contributed by atoms with van der Waals surface area (Å²) in [6.07, 6.45) is 3.70. The molecule has 2 unspecified atom stereocenters. The number of carbonyl (C=O) groups is 1. The van der Waals surface area contributed by atoms with Crippen molar-refractivity contribution in [1.29, 1.82) is 0 Å². The molecule has 3 nitrogen and oxygen atoms in total. The number of aliphatic carboxylic acids is 1. The number of hydrogen-bond acceptors (Lipinski definition) is 2. The van der Waals surface area contributed by atoms with E-state index in [4.69, 9.17) is 0 Å². The Bertz CT molecular complexity index is 364. The highest BCUT2D eigenvalue weighted by Crippen LogP contribution is 2.18. The molecule has 1 aromatic carbocycles. The first-order valence-electron chi connectivity index (χ1n) is 7.20. The summed E-state index contributed by atoms with van der Waals surface area (Å²) in [5.74, 6) is -0.360. The maximum Gasteiger partial charge on any atom is 0.320 e. The molecule has 2 atom stereocenters. The van der Waals surface area contributed by atoms with Crippen molar-refractivity contribution < 1.29 is 9.90 Å². The summed E-state index contributed by atoms with van der Waals surface area (Å²) in [4.78, 5) is 11.2. The summed E-state index contributed by atoms with van der Waals surface area (Å²) in [7, 11) is 0. The second-order valence-electron chi connectivity index (χ2n) is 4.96. The van der Waals surface area contributed by atoms with Crippen LogP contribution >= 0.6 is 0 Å². The molecule has 3 heteroatoms. The molecular formula is C16H25NO2. The standard InChI is InChI=1S/C16H25NO2/c1-3-5-11-15(16(18)19)17-12-13(4-2)14-9-7-6-8-10-14/h6-10,13,15,17H,3-5,11-12H2,1-2H3,(H,18,19). The smallest absolute Gasteiger partial charge is 0.320 e. The molecule has 0 spiro atoms. The topological polar surface area (TPSA) is 49.3 Å². The molecule has 0 radical (unpaired) electrons. The molecule has 0 saturated carbocycles. The largest absolute Gasteiger partial charge is 0.480 e. The SMILES string of the molecule is CCCCC(NCC(CC)c1ccccc1)C(=O)O. The van der Waals surface area contributed by atoms with Gasteiger partial charge in [-0.2, -0.15) is 0 Å². The third kappa shape index (κ3) is 5.43. The molecule has 1 aromatic rings. The normalized spacial score (nSPS) is 14.0. The average Bonchev–Trinajstić information content (AvgIpc) is 2.43. The second-order valence-corrected chi connectivity index (χ2v) is 4.96. The van der Waals surface area contributed by atoms with E-state index in [0.717, 1.165) is 25.8 Å². The van der Waals surface area contributed by atoms with E-state index in [9.17, 15) is 9.90 Å². The number of rotatable bonds is 9. The van der Waals surface area contributed by atoms with E-state index in [1.807, 2.05) is 18.2 Å². The fourth-order valence-electron chi connectivity index (χ4n) is 2.23. The van der Waals surface area contributed by atoms with Gasteiger partial charge in [0.25, 0.3) is 0 Å². The molecule has 0 fully saturated rings. The van der Waals surface area contributed by atoms with E-state index in [-0.39, 0.29) is 0 Å². The highest BCUT2D eigenvalue weighted by atomic mass is 16.4. The Balaban J connectivity index is 2.53. The van der Waals surface area contributed by atoms with E-state index in [0.29, 0.717) is 12.3 Å². The predicted molar refractivity (Wildman–Crippen MR) is 78.4 cm³/mol. The second kappa shape index (κ2) is 8.70. The van der Waals surface area contributed by atoms with Crippen LogP contribution in [0.25, 0.3) is 0 Å². The van der Waals surface area contributed by atoms with Gasteiger partial charge < -0.3 is 10.4 Å². The molecular weight excluding hydrogens is 238 g/mol. The lowest BCUT2D eigenvalue weighted by Gasteiger charge is -2.20. The fourth-order valence-corrected chi connectivity index (χ4v) is 2.23. The van der Waals surface area contributed by atoms with Gasteiger partial charge in [-0.25, -0.2) is 0 Å². The van der Waals surface area contributed by atoms with Crippen LogP contribution in [-0.4, -0.2) is 23.7 Å². The molecule has 1 rings (SSSR count). The van der Waals surface area contributed by atoms with Crippen molar-refractivity contribution in [3.63, 3.8) is 0 Å². The van der Waals surface area contributed by atoms with Gasteiger partial charge in [-0.1, -0.05) is 57.0 Å². The molecule has 0 aromatic heterocycles. The lowest BCUT2D eigenvalue weighted by atomic mass is 9.96. The Morgan fingerprint density at radius 3 is 2.47 bits per heavy atom. The van der Waals surface area contributed by atoms with Gasteiger partial charge in [0, 0.05) is 6.54 Å². The zero-order valence-electron chi connectivity index (χ0n) is 11.9. The maximum atomic E-state index is 11.2. The lowest BCUT2D eigenvalue weighted by molar-refractivity contribution is -0.139. The van der Waals surface area contributed by atoms with Crippen LogP contribution in [0.2, 0.25) is 0 Å². The Hall–Kier alpha value is -1.35. The minimum atomic E-state index is -0.739. The maximum absolute atomic E-state index is 11.2. The van der Waals surface area contributed by atoms with Crippen molar-refractivity contribution in [1.82, 2.24) is 5.32 Å². The van der Waals surface area contributed by atoms with Crippen LogP contribution < -0.4 is 5.32 Å².